The number of rotatable bonds is 5. The van der Waals surface area contributed by atoms with Crippen molar-refractivity contribution >= 4 is 17.2 Å². The van der Waals surface area contributed by atoms with Crippen LogP contribution < -0.4 is 5.32 Å². The Morgan fingerprint density at radius 1 is 1.68 bits per heavy atom. The fourth-order valence-electron chi connectivity index (χ4n) is 2.40. The highest BCUT2D eigenvalue weighted by Crippen LogP contribution is 2.50. The zero-order valence-electron chi connectivity index (χ0n) is 11.5. The molecule has 0 bridgehead atoms. The molecule has 1 heterocycles. The molecular formula is C13H20N2O3S. The van der Waals surface area contributed by atoms with E-state index < -0.39 is 5.60 Å². The van der Waals surface area contributed by atoms with Crippen molar-refractivity contribution in [2.24, 2.45) is 5.41 Å². The molecule has 1 aliphatic carbocycles. The van der Waals surface area contributed by atoms with Crippen LogP contribution in [0.15, 0.2) is 10.9 Å². The van der Waals surface area contributed by atoms with E-state index in [0.717, 1.165) is 0 Å². The van der Waals surface area contributed by atoms with Gasteiger partial charge in [0.1, 0.15) is 5.69 Å². The summed E-state index contributed by atoms with van der Waals surface area (Å²) in [7, 11) is 0. The predicted octanol–water partition coefficient (Wildman–Crippen LogP) is 1.44. The Morgan fingerprint density at radius 3 is 2.95 bits per heavy atom. The van der Waals surface area contributed by atoms with E-state index in [9.17, 15) is 9.90 Å². The molecule has 1 amide bonds. The summed E-state index contributed by atoms with van der Waals surface area (Å²) in [6, 6.07) is 0. The van der Waals surface area contributed by atoms with E-state index in [1.54, 1.807) is 10.9 Å². The van der Waals surface area contributed by atoms with Crippen LogP contribution in [-0.2, 0) is 4.74 Å². The van der Waals surface area contributed by atoms with Gasteiger partial charge in [0, 0.05) is 30.4 Å². The molecule has 19 heavy (non-hydrogen) atoms. The van der Waals surface area contributed by atoms with Gasteiger partial charge in [-0.3, -0.25) is 4.79 Å². The zero-order chi connectivity index (χ0) is 14.1. The van der Waals surface area contributed by atoms with Crippen molar-refractivity contribution in [2.75, 3.05) is 13.2 Å². The van der Waals surface area contributed by atoms with Crippen LogP contribution in [0.4, 0.5) is 0 Å². The van der Waals surface area contributed by atoms with Gasteiger partial charge in [0.15, 0.2) is 0 Å². The second kappa shape index (κ2) is 5.19. The van der Waals surface area contributed by atoms with Crippen LogP contribution in [0.25, 0.3) is 0 Å². The van der Waals surface area contributed by atoms with Gasteiger partial charge in [0.25, 0.3) is 5.91 Å². The highest BCUT2D eigenvalue weighted by molar-refractivity contribution is 7.07. The van der Waals surface area contributed by atoms with Crippen molar-refractivity contribution in [1.29, 1.82) is 0 Å². The molecule has 1 saturated carbocycles. The molecule has 0 unspecified atom stereocenters. The van der Waals surface area contributed by atoms with Crippen LogP contribution >= 0.6 is 11.3 Å². The first-order valence-corrected chi connectivity index (χ1v) is 7.35. The maximum Gasteiger partial charge on any atom is 0.270 e. The Kier molecular flexibility index (Phi) is 3.94. The summed E-state index contributed by atoms with van der Waals surface area (Å²) >= 11 is 1.37. The topological polar surface area (TPSA) is 71.5 Å². The second-order valence-electron chi connectivity index (χ2n) is 5.46. The number of hydrogen-bond donors (Lipinski definition) is 2. The first-order chi connectivity index (χ1) is 8.90. The Bertz CT molecular complexity index is 447. The molecule has 5 nitrogen and oxygen atoms in total. The Balaban J connectivity index is 1.91. The molecule has 1 aromatic rings. The molecule has 6 heteroatoms. The van der Waals surface area contributed by atoms with Crippen molar-refractivity contribution in [2.45, 2.75) is 38.9 Å². The lowest BCUT2D eigenvalue weighted by Gasteiger charge is -2.57. The van der Waals surface area contributed by atoms with Crippen LogP contribution in [0.2, 0.25) is 0 Å². The Hall–Kier alpha value is -0.980. The van der Waals surface area contributed by atoms with E-state index >= 15 is 0 Å². The molecular weight excluding hydrogens is 264 g/mol. The molecule has 0 radical (unpaired) electrons. The SMILES string of the molecule is CCO[C@@H]1C[C@](O)(CNC(=O)c2cscn2)C1(C)C. The number of ether oxygens (including phenoxy) is 1. The van der Waals surface area contributed by atoms with Crippen LogP contribution in [0.3, 0.4) is 0 Å². The summed E-state index contributed by atoms with van der Waals surface area (Å²) in [5.74, 6) is -0.245. The number of hydrogen-bond acceptors (Lipinski definition) is 5. The van der Waals surface area contributed by atoms with Crippen molar-refractivity contribution in [1.82, 2.24) is 10.3 Å². The summed E-state index contributed by atoms with van der Waals surface area (Å²) < 4.78 is 5.58. The third kappa shape index (κ3) is 2.52. The van der Waals surface area contributed by atoms with Crippen molar-refractivity contribution in [3.63, 3.8) is 0 Å². The molecule has 1 aromatic heterocycles. The standard InChI is InChI=1S/C13H20N2O3S/c1-4-18-10-5-13(17,12(10,2)3)7-14-11(16)9-6-19-8-15-9/h6,8,10,17H,4-5,7H2,1-3H3,(H,14,16)/t10-,13+/m1/s1. The van der Waals surface area contributed by atoms with Gasteiger partial charge in [0.2, 0.25) is 0 Å². The molecule has 0 aromatic carbocycles. The first-order valence-electron chi connectivity index (χ1n) is 6.41. The van der Waals surface area contributed by atoms with Gasteiger partial charge in [-0.25, -0.2) is 4.98 Å². The van der Waals surface area contributed by atoms with E-state index in [0.29, 0.717) is 18.7 Å². The number of nitrogens with zero attached hydrogens (tertiary/aromatic N) is 1. The van der Waals surface area contributed by atoms with Crippen LogP contribution in [0.5, 0.6) is 0 Å². The third-order valence-electron chi connectivity index (χ3n) is 4.10. The number of amides is 1. The van der Waals surface area contributed by atoms with Gasteiger partial charge < -0.3 is 15.2 Å². The maximum absolute atomic E-state index is 11.8. The number of thiazole rings is 1. The smallest absolute Gasteiger partial charge is 0.270 e. The number of carbonyl (C=O) groups excluding carboxylic acids is 1. The molecule has 0 spiro atoms. The highest BCUT2D eigenvalue weighted by atomic mass is 32.1. The van der Waals surface area contributed by atoms with Crippen LogP contribution in [-0.4, -0.2) is 40.9 Å². The summed E-state index contributed by atoms with van der Waals surface area (Å²) in [6.07, 6.45) is 0.587. The lowest BCUT2D eigenvalue weighted by Crippen LogP contribution is -2.68. The average Bonchev–Trinajstić information content (AvgIpc) is 2.89. The monoisotopic (exact) mass is 284 g/mol. The molecule has 1 fully saturated rings. The average molecular weight is 284 g/mol. The number of aliphatic hydroxyl groups is 1. The largest absolute Gasteiger partial charge is 0.387 e. The first kappa shape index (κ1) is 14.4. The Morgan fingerprint density at radius 2 is 2.42 bits per heavy atom. The predicted molar refractivity (Wildman–Crippen MR) is 73.2 cm³/mol. The second-order valence-corrected chi connectivity index (χ2v) is 6.18. The summed E-state index contributed by atoms with van der Waals surface area (Å²) in [5, 5.41) is 15.0. The van der Waals surface area contributed by atoms with Crippen molar-refractivity contribution in [3.8, 4) is 0 Å². The van der Waals surface area contributed by atoms with Crippen LogP contribution in [0.1, 0.15) is 37.7 Å². The van der Waals surface area contributed by atoms with E-state index in [2.05, 4.69) is 10.3 Å². The zero-order valence-corrected chi connectivity index (χ0v) is 12.3. The minimum atomic E-state index is -0.918. The van der Waals surface area contributed by atoms with E-state index in [-0.39, 0.29) is 24.0 Å². The molecule has 0 aliphatic heterocycles. The van der Waals surface area contributed by atoms with Gasteiger partial charge >= 0.3 is 0 Å². The fraction of sp³-hybridized carbons (Fsp3) is 0.692. The number of carbonyl (C=O) groups is 1. The molecule has 0 saturated heterocycles. The third-order valence-corrected chi connectivity index (χ3v) is 4.69. The minimum absolute atomic E-state index is 0.0404. The van der Waals surface area contributed by atoms with Gasteiger partial charge in [-0.2, -0.15) is 0 Å². The number of nitrogens with one attached hydrogen (secondary N) is 1. The van der Waals surface area contributed by atoms with Gasteiger partial charge in [-0.05, 0) is 6.92 Å². The molecule has 2 atom stereocenters. The molecule has 106 valence electrons. The van der Waals surface area contributed by atoms with Crippen LogP contribution in [0, 0.1) is 5.41 Å². The van der Waals surface area contributed by atoms with E-state index in [4.69, 9.17) is 4.74 Å². The van der Waals surface area contributed by atoms with Gasteiger partial charge in [0.05, 0.1) is 17.2 Å². The van der Waals surface area contributed by atoms with E-state index in [1.165, 1.54) is 11.3 Å². The Labute approximate surface area is 117 Å². The molecule has 2 rings (SSSR count). The van der Waals surface area contributed by atoms with Crippen molar-refractivity contribution < 1.29 is 14.6 Å². The lowest BCUT2D eigenvalue weighted by atomic mass is 9.56. The minimum Gasteiger partial charge on any atom is -0.387 e. The fourth-order valence-corrected chi connectivity index (χ4v) is 2.94. The lowest BCUT2D eigenvalue weighted by molar-refractivity contribution is -0.237. The normalized spacial score (nSPS) is 28.7. The van der Waals surface area contributed by atoms with Gasteiger partial charge in [-0.1, -0.05) is 13.8 Å². The molecule has 2 N–H and O–H groups in total. The quantitative estimate of drug-likeness (QED) is 0.858. The summed E-state index contributed by atoms with van der Waals surface area (Å²) in [6.45, 7) is 6.73. The van der Waals surface area contributed by atoms with E-state index in [1.807, 2.05) is 20.8 Å². The molecule has 1 aliphatic rings. The summed E-state index contributed by atoms with van der Waals surface area (Å²) in [4.78, 5) is 15.7. The summed E-state index contributed by atoms with van der Waals surface area (Å²) in [5.41, 5.74) is 0.728. The van der Waals surface area contributed by atoms with Gasteiger partial charge in [-0.15, -0.1) is 11.3 Å². The maximum atomic E-state index is 11.8. The highest BCUT2D eigenvalue weighted by Gasteiger charge is 2.59. The van der Waals surface area contributed by atoms with Crippen molar-refractivity contribution in [3.05, 3.63) is 16.6 Å². The number of aromatic nitrogens is 1.